The summed E-state index contributed by atoms with van der Waals surface area (Å²) in [4.78, 5) is 89.9. The molecule has 10 nitrogen and oxygen atoms in total. The van der Waals surface area contributed by atoms with E-state index in [9.17, 15) is 28.8 Å². The van der Waals surface area contributed by atoms with Crippen LogP contribution < -0.4 is 0 Å². The van der Waals surface area contributed by atoms with E-state index in [-0.39, 0.29) is 50.2 Å². The van der Waals surface area contributed by atoms with Gasteiger partial charge in [-0.3, -0.25) is 33.7 Å². The van der Waals surface area contributed by atoms with Crippen molar-refractivity contribution in [3.63, 3.8) is 0 Å². The molecule has 4 aliphatic heterocycles. The number of rotatable bonds is 10. The van der Waals surface area contributed by atoms with Crippen LogP contribution >= 0.6 is 24.4 Å². The maximum atomic E-state index is 14.5. The Morgan fingerprint density at radius 2 is 0.825 bits per heavy atom. The van der Waals surface area contributed by atoms with Crippen molar-refractivity contribution in [1.29, 1.82) is 0 Å². The third-order valence-electron chi connectivity index (χ3n) is 11.8. The van der Waals surface area contributed by atoms with Gasteiger partial charge in [-0.25, -0.2) is 0 Å². The van der Waals surface area contributed by atoms with E-state index in [1.54, 1.807) is 31.2 Å². The van der Waals surface area contributed by atoms with Gasteiger partial charge in [0.1, 0.15) is 9.98 Å². The second-order valence-corrected chi connectivity index (χ2v) is 15.9. The Hall–Kier alpha value is -5.98. The molecule has 0 saturated carbocycles. The molecule has 0 fully saturated rings. The molecule has 0 N–H and O–H groups in total. The first-order valence-electron chi connectivity index (χ1n) is 19.3. The first-order valence-corrected chi connectivity index (χ1v) is 20.1. The lowest BCUT2D eigenvalue weighted by Gasteiger charge is -2.40. The molecule has 0 aliphatic carbocycles. The number of hydrogen-bond acceptors (Lipinski definition) is 8. The Bertz CT molecular complexity index is 2590. The van der Waals surface area contributed by atoms with Crippen molar-refractivity contribution in [3.05, 3.63) is 129 Å². The Morgan fingerprint density at radius 3 is 1.25 bits per heavy atom. The van der Waals surface area contributed by atoms with Crippen molar-refractivity contribution >= 4 is 91.4 Å². The van der Waals surface area contributed by atoms with Gasteiger partial charge in [-0.2, -0.15) is 10.0 Å². The van der Waals surface area contributed by atoms with E-state index >= 15 is 0 Å². The van der Waals surface area contributed by atoms with Crippen LogP contribution in [0.3, 0.4) is 0 Å². The van der Waals surface area contributed by atoms with E-state index in [1.165, 1.54) is 48.4 Å². The number of imide groups is 3. The molecule has 0 bridgehead atoms. The summed E-state index contributed by atoms with van der Waals surface area (Å²) in [6, 6.07) is 21.0. The van der Waals surface area contributed by atoms with Crippen LogP contribution in [0, 0.1) is 0 Å². The molecular weight excluding hydrogens is 757 g/mol. The van der Waals surface area contributed by atoms with Gasteiger partial charge >= 0.3 is 0 Å². The van der Waals surface area contributed by atoms with Crippen molar-refractivity contribution < 1.29 is 28.8 Å². The van der Waals surface area contributed by atoms with E-state index in [0.29, 0.717) is 41.9 Å². The number of hydrogen-bond donors (Lipinski definition) is 0. The molecular formula is C45H36N4O6S2. The molecule has 0 aromatic heterocycles. The molecule has 57 heavy (non-hydrogen) atoms. The highest BCUT2D eigenvalue weighted by Crippen LogP contribution is 2.43. The minimum Gasteiger partial charge on any atom is -0.320 e. The maximum absolute atomic E-state index is 14.5. The van der Waals surface area contributed by atoms with Crippen LogP contribution in [0.25, 0.3) is 21.5 Å². The van der Waals surface area contributed by atoms with Gasteiger partial charge < -0.3 is 4.90 Å². The summed E-state index contributed by atoms with van der Waals surface area (Å²) in [6.07, 6.45) is 6.62. The van der Waals surface area contributed by atoms with E-state index in [2.05, 4.69) is 13.8 Å². The third kappa shape index (κ3) is 5.19. The fourth-order valence-corrected chi connectivity index (χ4v) is 9.87. The first-order chi connectivity index (χ1) is 27.5. The highest BCUT2D eigenvalue weighted by molar-refractivity contribution is 7.82. The second kappa shape index (κ2) is 13.6. The van der Waals surface area contributed by atoms with Gasteiger partial charge in [-0.15, -0.1) is 0 Å². The average molecular weight is 793 g/mol. The first kappa shape index (κ1) is 36.6. The van der Waals surface area contributed by atoms with Gasteiger partial charge in [0.05, 0.1) is 28.3 Å². The van der Waals surface area contributed by atoms with Gasteiger partial charge in [-0.1, -0.05) is 106 Å². The Balaban J connectivity index is 1.07. The molecule has 5 aromatic carbocycles. The largest absolute Gasteiger partial charge is 0.320 e. The monoisotopic (exact) mass is 792 g/mol. The predicted octanol–water partition coefficient (Wildman–Crippen LogP) is 8.57. The highest BCUT2D eigenvalue weighted by Gasteiger charge is 2.48. The lowest BCUT2D eigenvalue weighted by Crippen LogP contribution is -2.58. The fraction of sp³-hybridized carbons (Fsp3) is 0.244. The Kier molecular flexibility index (Phi) is 8.74. The van der Waals surface area contributed by atoms with Crippen molar-refractivity contribution in [2.75, 3.05) is 0 Å². The van der Waals surface area contributed by atoms with Gasteiger partial charge in [0.2, 0.25) is 0 Å². The summed E-state index contributed by atoms with van der Waals surface area (Å²) in [5, 5.41) is 2.45. The zero-order valence-electron chi connectivity index (χ0n) is 31.5. The molecule has 12 heteroatoms. The number of carbonyl (C=O) groups excluding carboxylic acids is 6. The van der Waals surface area contributed by atoms with Gasteiger partial charge in [-0.05, 0) is 62.2 Å². The smallest absolute Gasteiger partial charge is 0.281 e. The number of carbonyl (C=O) groups is 6. The van der Waals surface area contributed by atoms with Crippen LogP contribution in [0.2, 0.25) is 0 Å². The minimum absolute atomic E-state index is 0.0257. The zero-order valence-corrected chi connectivity index (χ0v) is 33.1. The van der Waals surface area contributed by atoms with Crippen LogP contribution in [-0.4, -0.2) is 71.3 Å². The minimum atomic E-state index is -0.936. The van der Waals surface area contributed by atoms with Crippen molar-refractivity contribution in [2.45, 2.75) is 71.4 Å². The van der Waals surface area contributed by atoms with Crippen molar-refractivity contribution in [3.8, 4) is 0 Å². The number of thiocarbonyl (C=S) groups is 2. The number of amides is 6. The normalized spacial score (nSPS) is 17.1. The predicted molar refractivity (Wildman–Crippen MR) is 222 cm³/mol. The second-order valence-electron chi connectivity index (χ2n) is 15.1. The van der Waals surface area contributed by atoms with Crippen LogP contribution in [0.4, 0.5) is 0 Å². The zero-order chi connectivity index (χ0) is 40.0. The number of hydrazine groups is 1. The Labute approximate surface area is 339 Å². The summed E-state index contributed by atoms with van der Waals surface area (Å²) in [5.41, 5.74) is 2.64. The number of nitrogens with zero attached hydrogens (tertiary/aromatic N) is 4. The molecule has 4 aliphatic rings. The molecule has 2 unspecified atom stereocenters. The summed E-state index contributed by atoms with van der Waals surface area (Å²) < 4.78 is 0. The molecule has 2 atom stereocenters. The molecule has 0 saturated heterocycles. The fourth-order valence-electron chi connectivity index (χ4n) is 8.93. The van der Waals surface area contributed by atoms with E-state index in [4.69, 9.17) is 24.4 Å². The molecule has 5 aromatic rings. The van der Waals surface area contributed by atoms with Gasteiger partial charge in [0.25, 0.3) is 35.4 Å². The number of unbranched alkanes of at least 4 members (excludes halogenated alkanes) is 4. The van der Waals surface area contributed by atoms with E-state index < -0.39 is 41.5 Å². The third-order valence-corrected chi connectivity index (χ3v) is 12.7. The summed E-state index contributed by atoms with van der Waals surface area (Å²) in [7, 11) is 0. The van der Waals surface area contributed by atoms with Crippen molar-refractivity contribution in [2.24, 2.45) is 0 Å². The molecule has 6 amide bonds. The lowest BCUT2D eigenvalue weighted by molar-refractivity contribution is 0.00211. The van der Waals surface area contributed by atoms with Crippen molar-refractivity contribution in [1.82, 2.24) is 19.8 Å². The van der Waals surface area contributed by atoms with Gasteiger partial charge in [0, 0.05) is 49.8 Å². The average Bonchev–Trinajstić information content (AvgIpc) is 3.21. The molecule has 9 rings (SSSR count). The standard InChI is InChI=1S/C45H36N4O6S2/c1-4-5-6-7-9-12-23(2)46-44(56)32-21-19-30-36-31(20-22-33(37(32)36)45(46)57)43(55)49(42(30)54)48-40(52)28-17-15-26-34-27(16-18-29(35(28)34)41(48)53)39(51)47(38(26)50)24(3)25-13-10-8-11-14-25/h8,10-11,13-24H,4-7,9,12H2,1-3H3. The van der Waals surface area contributed by atoms with Crippen LogP contribution in [0.15, 0.2) is 78.9 Å². The topological polar surface area (TPSA) is 115 Å². The summed E-state index contributed by atoms with van der Waals surface area (Å²) in [5.74, 6) is -4.72. The molecule has 4 heterocycles. The highest BCUT2D eigenvalue weighted by atomic mass is 32.1. The maximum Gasteiger partial charge on any atom is 0.281 e. The quantitative estimate of drug-likeness (QED) is 0.0780. The van der Waals surface area contributed by atoms with Gasteiger partial charge in [0.15, 0.2) is 0 Å². The lowest BCUT2D eigenvalue weighted by atomic mass is 9.85. The van der Waals surface area contributed by atoms with Crippen LogP contribution in [0.1, 0.15) is 144 Å². The van der Waals surface area contributed by atoms with Crippen LogP contribution in [0.5, 0.6) is 0 Å². The SMILES string of the molecule is CCCCCCCC(C)N1C(=S)c2ccc3c4c(ccc(c24)C1=S)C(=O)N(N1C(=O)c2ccc4c5c(ccc(c25)C1=O)C(=O)N(C(C)c1ccccc1)C4=O)C3=O. The van der Waals surface area contributed by atoms with Crippen LogP contribution in [-0.2, 0) is 0 Å². The summed E-state index contributed by atoms with van der Waals surface area (Å²) >= 11 is 12.0. The molecule has 0 spiro atoms. The molecule has 0 radical (unpaired) electrons. The van der Waals surface area contributed by atoms with E-state index in [1.807, 2.05) is 35.2 Å². The molecule has 284 valence electrons. The number of benzene rings is 5. The Morgan fingerprint density at radius 1 is 0.456 bits per heavy atom. The van der Waals surface area contributed by atoms with E-state index in [0.717, 1.165) is 24.8 Å². The summed E-state index contributed by atoms with van der Waals surface area (Å²) in [6.45, 7) is 6.05.